The van der Waals surface area contributed by atoms with Gasteiger partial charge in [-0.2, -0.15) is 0 Å². The highest BCUT2D eigenvalue weighted by atomic mass is 16.4. The van der Waals surface area contributed by atoms with Crippen LogP contribution in [-0.2, 0) is 11.3 Å². The lowest BCUT2D eigenvalue weighted by molar-refractivity contribution is -0.145. The highest BCUT2D eigenvalue weighted by Crippen LogP contribution is 2.21. The minimum Gasteiger partial charge on any atom is -0.480 e. The molecule has 1 aromatic rings. The quantitative estimate of drug-likeness (QED) is 0.735. The lowest BCUT2D eigenvalue weighted by atomic mass is 9.89. The van der Waals surface area contributed by atoms with E-state index in [-0.39, 0.29) is 6.04 Å². The topological polar surface area (TPSA) is 67.2 Å². The van der Waals surface area contributed by atoms with E-state index in [9.17, 15) is 9.90 Å². The van der Waals surface area contributed by atoms with Gasteiger partial charge in [-0.1, -0.05) is 20.8 Å². The zero-order valence-corrected chi connectivity index (χ0v) is 13.9. The summed E-state index contributed by atoms with van der Waals surface area (Å²) in [7, 11) is 0. The molecule has 0 fully saturated rings. The molecule has 1 rings (SSSR count). The zero-order valence-electron chi connectivity index (χ0n) is 13.9. The second-order valence-electron chi connectivity index (χ2n) is 6.28. The molecule has 2 N–H and O–H groups in total. The molecule has 0 radical (unpaired) electrons. The summed E-state index contributed by atoms with van der Waals surface area (Å²) < 4.78 is 2.13. The summed E-state index contributed by atoms with van der Waals surface area (Å²) >= 11 is 0. The monoisotopic (exact) mass is 295 g/mol. The summed E-state index contributed by atoms with van der Waals surface area (Å²) in [5.41, 5.74) is -0.827. The Bertz CT molecular complexity index is 454. The van der Waals surface area contributed by atoms with Gasteiger partial charge < -0.3 is 9.67 Å². The molecule has 5 heteroatoms. The fourth-order valence-corrected chi connectivity index (χ4v) is 2.79. The maximum atomic E-state index is 11.7. The second-order valence-corrected chi connectivity index (χ2v) is 6.28. The van der Waals surface area contributed by atoms with E-state index in [4.69, 9.17) is 0 Å². The summed E-state index contributed by atoms with van der Waals surface area (Å²) in [4.78, 5) is 16.0. The van der Waals surface area contributed by atoms with Crippen molar-refractivity contribution in [1.29, 1.82) is 0 Å². The first-order valence-electron chi connectivity index (χ1n) is 7.84. The molecule has 0 saturated carbocycles. The highest BCUT2D eigenvalue weighted by Gasteiger charge is 2.36. The molecule has 120 valence electrons. The van der Waals surface area contributed by atoms with Crippen LogP contribution in [0.4, 0.5) is 0 Å². The van der Waals surface area contributed by atoms with Gasteiger partial charge in [-0.3, -0.25) is 10.1 Å². The molecular formula is C16H29N3O2. The third-order valence-corrected chi connectivity index (χ3v) is 3.84. The van der Waals surface area contributed by atoms with Crippen molar-refractivity contribution < 1.29 is 9.90 Å². The van der Waals surface area contributed by atoms with Gasteiger partial charge >= 0.3 is 5.97 Å². The Morgan fingerprint density at radius 2 is 2.10 bits per heavy atom. The normalized spacial score (nSPS) is 14.6. The molecule has 1 unspecified atom stereocenters. The number of carbonyl (C=O) groups is 1. The highest BCUT2D eigenvalue weighted by molar-refractivity contribution is 5.78. The van der Waals surface area contributed by atoms with Crippen molar-refractivity contribution in [2.45, 2.75) is 77.9 Å². The average Bonchev–Trinajstić information content (AvgIpc) is 2.85. The van der Waals surface area contributed by atoms with Gasteiger partial charge in [-0.15, -0.1) is 0 Å². The number of nitrogens with zero attached hydrogens (tertiary/aromatic N) is 2. The van der Waals surface area contributed by atoms with E-state index in [1.807, 2.05) is 33.2 Å². The van der Waals surface area contributed by atoms with Crippen LogP contribution in [0.5, 0.6) is 0 Å². The maximum absolute atomic E-state index is 11.7. The van der Waals surface area contributed by atoms with Gasteiger partial charge in [0.2, 0.25) is 0 Å². The van der Waals surface area contributed by atoms with Crippen LogP contribution in [-0.4, -0.2) is 32.2 Å². The van der Waals surface area contributed by atoms with Gasteiger partial charge in [0.05, 0.1) is 0 Å². The number of aromatic nitrogens is 2. The summed E-state index contributed by atoms with van der Waals surface area (Å²) in [5, 5.41) is 12.8. The molecule has 0 aliphatic carbocycles. The van der Waals surface area contributed by atoms with Crippen LogP contribution in [0.25, 0.3) is 0 Å². The van der Waals surface area contributed by atoms with Gasteiger partial charge in [0.15, 0.2) is 0 Å². The second kappa shape index (κ2) is 7.59. The molecule has 0 aromatic carbocycles. The van der Waals surface area contributed by atoms with Crippen molar-refractivity contribution in [2.24, 2.45) is 0 Å². The van der Waals surface area contributed by atoms with Crippen molar-refractivity contribution in [3.8, 4) is 0 Å². The van der Waals surface area contributed by atoms with E-state index in [0.717, 1.165) is 18.8 Å². The van der Waals surface area contributed by atoms with Crippen molar-refractivity contribution in [3.63, 3.8) is 0 Å². The Morgan fingerprint density at radius 1 is 1.43 bits per heavy atom. The average molecular weight is 295 g/mol. The largest absolute Gasteiger partial charge is 0.480 e. The lowest BCUT2D eigenvalue weighted by Gasteiger charge is -2.32. The Hall–Kier alpha value is -1.36. The lowest BCUT2D eigenvalue weighted by Crippen LogP contribution is -2.54. The van der Waals surface area contributed by atoms with Crippen molar-refractivity contribution in [3.05, 3.63) is 18.2 Å². The number of rotatable bonds is 9. The summed E-state index contributed by atoms with van der Waals surface area (Å²) in [5.74, 6) is 0.682. The van der Waals surface area contributed by atoms with Crippen molar-refractivity contribution in [1.82, 2.24) is 14.9 Å². The maximum Gasteiger partial charge on any atom is 0.323 e. The van der Waals surface area contributed by atoms with Crippen LogP contribution in [0, 0.1) is 0 Å². The third-order valence-electron chi connectivity index (χ3n) is 3.84. The van der Waals surface area contributed by atoms with Gasteiger partial charge in [-0.05, 0) is 33.1 Å². The van der Waals surface area contributed by atoms with E-state index < -0.39 is 11.5 Å². The Kier molecular flexibility index (Phi) is 6.40. The molecule has 0 spiro atoms. The number of imidazole rings is 1. The van der Waals surface area contributed by atoms with Crippen LogP contribution in [0.1, 0.15) is 65.6 Å². The standard InChI is InChI=1S/C16H29N3O2/c1-6-16(15(20)21,18-13(4)5)8-7-10-19-11-9-17-14(19)12(2)3/h9,11-13,18H,6-8,10H2,1-5H3,(H,20,21). The van der Waals surface area contributed by atoms with Gasteiger partial charge in [-0.25, -0.2) is 4.98 Å². The van der Waals surface area contributed by atoms with Crippen LogP contribution in [0.3, 0.4) is 0 Å². The molecule has 1 atom stereocenters. The van der Waals surface area contributed by atoms with Crippen LogP contribution in [0.15, 0.2) is 12.4 Å². The molecule has 1 heterocycles. The molecular weight excluding hydrogens is 266 g/mol. The van der Waals surface area contributed by atoms with Gasteiger partial charge in [0, 0.05) is 30.9 Å². The minimum atomic E-state index is -0.827. The van der Waals surface area contributed by atoms with Crippen molar-refractivity contribution >= 4 is 5.97 Å². The van der Waals surface area contributed by atoms with Crippen molar-refractivity contribution in [2.75, 3.05) is 0 Å². The van der Waals surface area contributed by atoms with Crippen LogP contribution >= 0.6 is 0 Å². The Labute approximate surface area is 127 Å². The van der Waals surface area contributed by atoms with E-state index in [1.54, 1.807) is 0 Å². The number of aryl methyl sites for hydroxylation is 1. The Morgan fingerprint density at radius 3 is 2.57 bits per heavy atom. The molecule has 5 nitrogen and oxygen atoms in total. The summed E-state index contributed by atoms with van der Waals surface area (Å²) in [6.45, 7) is 10.9. The van der Waals surface area contributed by atoms with E-state index >= 15 is 0 Å². The summed E-state index contributed by atoms with van der Waals surface area (Å²) in [6, 6.07) is 0.153. The first-order chi connectivity index (χ1) is 9.82. The predicted octanol–water partition coefficient (Wildman–Crippen LogP) is 3.02. The number of hydrogen-bond acceptors (Lipinski definition) is 3. The minimum absolute atomic E-state index is 0.153. The van der Waals surface area contributed by atoms with Gasteiger partial charge in [0.25, 0.3) is 0 Å². The van der Waals surface area contributed by atoms with Gasteiger partial charge in [0.1, 0.15) is 11.4 Å². The van der Waals surface area contributed by atoms with Crippen LogP contribution in [0.2, 0.25) is 0 Å². The molecule has 21 heavy (non-hydrogen) atoms. The predicted molar refractivity (Wildman–Crippen MR) is 84.5 cm³/mol. The fraction of sp³-hybridized carbons (Fsp3) is 0.750. The number of aliphatic carboxylic acids is 1. The fourth-order valence-electron chi connectivity index (χ4n) is 2.79. The van der Waals surface area contributed by atoms with E-state index in [1.165, 1.54) is 0 Å². The molecule has 1 aromatic heterocycles. The molecule has 0 saturated heterocycles. The first kappa shape index (κ1) is 17.7. The molecule has 0 aliphatic rings. The third kappa shape index (κ3) is 4.56. The SMILES string of the molecule is CCC(CCCn1ccnc1C(C)C)(NC(C)C)C(=O)O. The van der Waals surface area contributed by atoms with E-state index in [0.29, 0.717) is 18.8 Å². The number of carboxylic acids is 1. The van der Waals surface area contributed by atoms with Crippen LogP contribution < -0.4 is 5.32 Å². The molecule has 0 amide bonds. The summed E-state index contributed by atoms with van der Waals surface area (Å²) in [6.07, 6.45) is 5.80. The molecule has 0 aliphatic heterocycles. The number of nitrogens with one attached hydrogen (secondary N) is 1. The number of carboxylic acid groups (broad SMARTS) is 1. The van der Waals surface area contributed by atoms with E-state index in [2.05, 4.69) is 28.7 Å². The smallest absolute Gasteiger partial charge is 0.323 e. The zero-order chi connectivity index (χ0) is 16.0. The number of hydrogen-bond donors (Lipinski definition) is 2. The first-order valence-corrected chi connectivity index (χ1v) is 7.84. The Balaban J connectivity index is 2.69. The molecule has 0 bridgehead atoms.